The summed E-state index contributed by atoms with van der Waals surface area (Å²) in [5.41, 5.74) is 8.89. The highest BCUT2D eigenvalue weighted by Gasteiger charge is 2.09. The lowest BCUT2D eigenvalue weighted by Gasteiger charge is -2.21. The Labute approximate surface area is 119 Å². The van der Waals surface area contributed by atoms with Crippen molar-refractivity contribution in [3.05, 3.63) is 58.9 Å². The van der Waals surface area contributed by atoms with Gasteiger partial charge in [-0.1, -0.05) is 23.7 Å². The van der Waals surface area contributed by atoms with E-state index in [4.69, 9.17) is 17.3 Å². The van der Waals surface area contributed by atoms with Crippen molar-refractivity contribution in [1.82, 2.24) is 4.98 Å². The predicted octanol–water partition coefficient (Wildman–Crippen LogP) is 3.39. The van der Waals surface area contributed by atoms with Gasteiger partial charge in [0.1, 0.15) is 0 Å². The van der Waals surface area contributed by atoms with E-state index in [0.717, 1.165) is 23.5 Å². The summed E-state index contributed by atoms with van der Waals surface area (Å²) in [7, 11) is 2.00. The van der Waals surface area contributed by atoms with Gasteiger partial charge in [-0.05, 0) is 36.8 Å². The summed E-state index contributed by atoms with van der Waals surface area (Å²) in [4.78, 5) is 6.39. The van der Waals surface area contributed by atoms with E-state index < -0.39 is 0 Å². The lowest BCUT2D eigenvalue weighted by molar-refractivity contribution is 0.816. The smallest absolute Gasteiger partial charge is 0.0642 e. The molecule has 0 spiro atoms. The molecule has 4 heteroatoms. The first-order chi connectivity index (χ1) is 9.08. The predicted molar refractivity (Wildman–Crippen MR) is 80.4 cm³/mol. The van der Waals surface area contributed by atoms with Crippen molar-refractivity contribution >= 4 is 17.3 Å². The van der Waals surface area contributed by atoms with Gasteiger partial charge in [-0.2, -0.15) is 0 Å². The molecular weight excluding hydrogens is 258 g/mol. The van der Waals surface area contributed by atoms with E-state index in [2.05, 4.69) is 9.88 Å². The molecule has 2 aromatic rings. The first kappa shape index (κ1) is 13.8. The molecule has 1 aromatic carbocycles. The molecule has 0 saturated heterocycles. The molecule has 0 fully saturated rings. The van der Waals surface area contributed by atoms with Crippen LogP contribution in [0, 0.1) is 0 Å². The Morgan fingerprint density at radius 1 is 1.32 bits per heavy atom. The van der Waals surface area contributed by atoms with Gasteiger partial charge in [0.25, 0.3) is 0 Å². The fraction of sp³-hybridized carbons (Fsp3) is 0.267. The maximum absolute atomic E-state index is 6.32. The van der Waals surface area contributed by atoms with Gasteiger partial charge in [0.2, 0.25) is 0 Å². The Morgan fingerprint density at radius 3 is 2.68 bits per heavy atom. The molecule has 1 aromatic heterocycles. The van der Waals surface area contributed by atoms with Crippen LogP contribution in [-0.4, -0.2) is 12.0 Å². The van der Waals surface area contributed by atoms with E-state index >= 15 is 0 Å². The van der Waals surface area contributed by atoms with Crippen LogP contribution in [0.3, 0.4) is 0 Å². The van der Waals surface area contributed by atoms with Crippen LogP contribution in [0.1, 0.15) is 24.2 Å². The number of nitrogens with two attached hydrogens (primary N) is 1. The van der Waals surface area contributed by atoms with Gasteiger partial charge in [0, 0.05) is 19.3 Å². The lowest BCUT2D eigenvalue weighted by Crippen LogP contribution is -2.17. The second-order valence-electron chi connectivity index (χ2n) is 4.68. The van der Waals surface area contributed by atoms with Crippen molar-refractivity contribution in [1.29, 1.82) is 0 Å². The number of aromatic nitrogens is 1. The van der Waals surface area contributed by atoms with Gasteiger partial charge >= 0.3 is 0 Å². The quantitative estimate of drug-likeness (QED) is 0.930. The third-order valence-electron chi connectivity index (χ3n) is 3.03. The topological polar surface area (TPSA) is 42.1 Å². The summed E-state index contributed by atoms with van der Waals surface area (Å²) in [5, 5.41) is 0.716. The van der Waals surface area contributed by atoms with Crippen molar-refractivity contribution in [2.24, 2.45) is 5.73 Å². The van der Waals surface area contributed by atoms with Gasteiger partial charge in [-0.15, -0.1) is 0 Å². The fourth-order valence-electron chi connectivity index (χ4n) is 1.94. The summed E-state index contributed by atoms with van der Waals surface area (Å²) < 4.78 is 0. The van der Waals surface area contributed by atoms with Crippen LogP contribution in [0.5, 0.6) is 0 Å². The van der Waals surface area contributed by atoms with E-state index in [1.54, 1.807) is 6.20 Å². The Kier molecular flexibility index (Phi) is 4.40. The van der Waals surface area contributed by atoms with E-state index in [9.17, 15) is 0 Å². The molecule has 0 saturated carbocycles. The molecule has 0 aliphatic carbocycles. The molecule has 1 unspecified atom stereocenters. The molecule has 100 valence electrons. The minimum atomic E-state index is -0.00681. The van der Waals surface area contributed by atoms with Gasteiger partial charge in [0.05, 0.1) is 22.9 Å². The second-order valence-corrected chi connectivity index (χ2v) is 5.08. The molecule has 0 radical (unpaired) electrons. The number of pyridine rings is 1. The highest BCUT2D eigenvalue weighted by Crippen LogP contribution is 2.28. The normalized spacial score (nSPS) is 12.2. The number of nitrogens with zero attached hydrogens (tertiary/aromatic N) is 2. The van der Waals surface area contributed by atoms with Gasteiger partial charge in [0.15, 0.2) is 0 Å². The molecule has 2 N–H and O–H groups in total. The number of benzene rings is 1. The van der Waals surface area contributed by atoms with Crippen LogP contribution in [0.2, 0.25) is 5.02 Å². The molecule has 19 heavy (non-hydrogen) atoms. The number of rotatable bonds is 4. The molecule has 1 heterocycles. The van der Waals surface area contributed by atoms with Crippen LogP contribution in [-0.2, 0) is 6.54 Å². The van der Waals surface area contributed by atoms with Crippen molar-refractivity contribution in [2.75, 3.05) is 11.9 Å². The highest BCUT2D eigenvalue weighted by atomic mass is 35.5. The van der Waals surface area contributed by atoms with E-state index in [1.807, 2.05) is 50.4 Å². The van der Waals surface area contributed by atoms with Gasteiger partial charge in [-0.3, -0.25) is 4.98 Å². The molecular formula is C15H18ClN3. The van der Waals surface area contributed by atoms with Crippen LogP contribution >= 0.6 is 11.6 Å². The van der Waals surface area contributed by atoms with Crippen molar-refractivity contribution in [2.45, 2.75) is 19.5 Å². The summed E-state index contributed by atoms with van der Waals surface area (Å²) in [6.07, 6.45) is 1.80. The van der Waals surface area contributed by atoms with Crippen molar-refractivity contribution in [3.63, 3.8) is 0 Å². The molecule has 0 amide bonds. The van der Waals surface area contributed by atoms with Gasteiger partial charge in [-0.25, -0.2) is 0 Å². The number of hydrogen-bond donors (Lipinski definition) is 1. The van der Waals surface area contributed by atoms with Crippen molar-refractivity contribution < 1.29 is 0 Å². The second kappa shape index (κ2) is 6.04. The zero-order valence-corrected chi connectivity index (χ0v) is 11.9. The van der Waals surface area contributed by atoms with Gasteiger partial charge < -0.3 is 10.6 Å². The summed E-state index contributed by atoms with van der Waals surface area (Å²) >= 11 is 6.32. The highest BCUT2D eigenvalue weighted by molar-refractivity contribution is 6.33. The molecule has 1 atom stereocenters. The molecule has 2 rings (SSSR count). The molecule has 0 aliphatic heterocycles. The SMILES string of the molecule is CC(N)c1ccc(N(C)Cc2ccccn2)c(Cl)c1. The zero-order chi connectivity index (χ0) is 13.8. The minimum Gasteiger partial charge on any atom is -0.367 e. The average Bonchev–Trinajstić information content (AvgIpc) is 2.39. The zero-order valence-electron chi connectivity index (χ0n) is 11.2. The molecule has 0 bridgehead atoms. The minimum absolute atomic E-state index is 0.00681. The first-order valence-corrected chi connectivity index (χ1v) is 6.62. The van der Waals surface area contributed by atoms with E-state index in [-0.39, 0.29) is 6.04 Å². The summed E-state index contributed by atoms with van der Waals surface area (Å²) in [6, 6.07) is 11.8. The van der Waals surface area contributed by atoms with Crippen LogP contribution in [0.4, 0.5) is 5.69 Å². The van der Waals surface area contributed by atoms with E-state index in [0.29, 0.717) is 5.02 Å². The van der Waals surface area contributed by atoms with Crippen molar-refractivity contribution in [3.8, 4) is 0 Å². The lowest BCUT2D eigenvalue weighted by atomic mass is 10.1. The van der Waals surface area contributed by atoms with Crippen LogP contribution in [0.15, 0.2) is 42.6 Å². The summed E-state index contributed by atoms with van der Waals surface area (Å²) in [6.45, 7) is 2.67. The standard InChI is InChI=1S/C15H18ClN3/c1-11(17)12-6-7-15(14(16)9-12)19(2)10-13-5-3-4-8-18-13/h3-9,11H,10,17H2,1-2H3. The van der Waals surface area contributed by atoms with E-state index in [1.165, 1.54) is 0 Å². The Morgan fingerprint density at radius 2 is 2.11 bits per heavy atom. The van der Waals surface area contributed by atoms with Crippen LogP contribution in [0.25, 0.3) is 0 Å². The Balaban J connectivity index is 2.17. The molecule has 0 aliphatic rings. The van der Waals surface area contributed by atoms with Crippen LogP contribution < -0.4 is 10.6 Å². The Hall–Kier alpha value is -1.58. The first-order valence-electron chi connectivity index (χ1n) is 6.24. The number of anilines is 1. The third kappa shape index (κ3) is 3.46. The monoisotopic (exact) mass is 275 g/mol. The maximum atomic E-state index is 6.32. The third-order valence-corrected chi connectivity index (χ3v) is 3.34. The Bertz CT molecular complexity index is 540. The maximum Gasteiger partial charge on any atom is 0.0642 e. The largest absolute Gasteiger partial charge is 0.367 e. The average molecular weight is 276 g/mol. The number of hydrogen-bond acceptors (Lipinski definition) is 3. The summed E-state index contributed by atoms with van der Waals surface area (Å²) in [5.74, 6) is 0. The fourth-order valence-corrected chi connectivity index (χ4v) is 2.27. The molecule has 3 nitrogen and oxygen atoms in total. The number of halogens is 1.